The highest BCUT2D eigenvalue weighted by Crippen LogP contribution is 2.19. The number of aromatic hydroxyl groups is 1. The Kier molecular flexibility index (Phi) is 3.34. The molecule has 0 fully saturated rings. The summed E-state index contributed by atoms with van der Waals surface area (Å²) < 4.78 is 13.7. The molecular weight excluding hydrogens is 259 g/mol. The van der Waals surface area contributed by atoms with Crippen molar-refractivity contribution in [1.29, 1.82) is 0 Å². The van der Waals surface area contributed by atoms with Crippen LogP contribution in [-0.2, 0) is 6.42 Å². The van der Waals surface area contributed by atoms with E-state index in [-0.39, 0.29) is 28.7 Å². The van der Waals surface area contributed by atoms with Gasteiger partial charge in [0.15, 0.2) is 0 Å². The van der Waals surface area contributed by atoms with Crippen molar-refractivity contribution in [3.63, 3.8) is 0 Å². The van der Waals surface area contributed by atoms with E-state index in [2.05, 4.69) is 9.97 Å². The zero-order valence-electron chi connectivity index (χ0n) is 9.50. The molecule has 0 saturated heterocycles. The fourth-order valence-corrected chi connectivity index (χ4v) is 1.71. The normalized spacial score (nSPS) is 10.6. The number of H-pyrrole nitrogens is 1. The van der Waals surface area contributed by atoms with Crippen molar-refractivity contribution >= 4 is 11.6 Å². The van der Waals surface area contributed by atoms with Gasteiger partial charge < -0.3 is 10.1 Å². The van der Waals surface area contributed by atoms with E-state index in [4.69, 9.17) is 11.6 Å². The molecule has 2 aromatic rings. The Balaban J connectivity index is 2.41. The van der Waals surface area contributed by atoms with Crippen molar-refractivity contribution in [2.24, 2.45) is 0 Å². The van der Waals surface area contributed by atoms with Crippen LogP contribution in [0.1, 0.15) is 17.0 Å². The maximum Gasteiger partial charge on any atom is 0.257 e. The van der Waals surface area contributed by atoms with E-state index in [0.717, 1.165) is 0 Å². The van der Waals surface area contributed by atoms with Gasteiger partial charge in [-0.3, -0.25) is 4.79 Å². The van der Waals surface area contributed by atoms with Gasteiger partial charge in [-0.1, -0.05) is 23.7 Å². The average Bonchev–Trinajstić information content (AvgIpc) is 2.32. The summed E-state index contributed by atoms with van der Waals surface area (Å²) in [5, 5.41) is 9.44. The van der Waals surface area contributed by atoms with E-state index >= 15 is 0 Å². The van der Waals surface area contributed by atoms with Crippen molar-refractivity contribution in [2.75, 3.05) is 0 Å². The van der Waals surface area contributed by atoms with Crippen LogP contribution in [0.3, 0.4) is 0 Å². The number of aromatic amines is 1. The van der Waals surface area contributed by atoms with Gasteiger partial charge in [-0.25, -0.2) is 4.39 Å². The average molecular weight is 269 g/mol. The first-order valence-electron chi connectivity index (χ1n) is 5.20. The van der Waals surface area contributed by atoms with E-state index in [9.17, 15) is 14.3 Å². The molecule has 1 aromatic carbocycles. The molecule has 1 aromatic heterocycles. The quantitative estimate of drug-likeness (QED) is 0.877. The maximum atomic E-state index is 13.7. The Hall–Kier alpha value is -1.88. The van der Waals surface area contributed by atoms with E-state index < -0.39 is 11.4 Å². The summed E-state index contributed by atoms with van der Waals surface area (Å²) in [6.07, 6.45) is 0.0511. The van der Waals surface area contributed by atoms with Crippen LogP contribution in [0.25, 0.3) is 0 Å². The molecular formula is C12H10ClFN2O2. The molecule has 0 aliphatic heterocycles. The minimum atomic E-state index is -0.554. The second kappa shape index (κ2) is 4.78. The summed E-state index contributed by atoms with van der Waals surface area (Å²) >= 11 is 5.65. The fraction of sp³-hybridized carbons (Fsp3) is 0.167. The predicted octanol–water partition coefficient (Wildman–Crippen LogP) is 2.17. The zero-order chi connectivity index (χ0) is 13.3. The maximum absolute atomic E-state index is 13.7. The van der Waals surface area contributed by atoms with Crippen molar-refractivity contribution in [1.82, 2.24) is 9.97 Å². The van der Waals surface area contributed by atoms with Crippen molar-refractivity contribution in [2.45, 2.75) is 13.3 Å². The van der Waals surface area contributed by atoms with Gasteiger partial charge in [0.2, 0.25) is 5.88 Å². The zero-order valence-corrected chi connectivity index (χ0v) is 10.3. The predicted molar refractivity (Wildman–Crippen MR) is 65.5 cm³/mol. The monoisotopic (exact) mass is 268 g/mol. The smallest absolute Gasteiger partial charge is 0.257 e. The van der Waals surface area contributed by atoms with E-state index in [1.54, 1.807) is 6.07 Å². The SMILES string of the molecule is Cc1c(O)nc(Cc2cccc(Cl)c2F)[nH]c1=O. The van der Waals surface area contributed by atoms with Gasteiger partial charge in [0.1, 0.15) is 11.6 Å². The molecule has 0 aliphatic rings. The van der Waals surface area contributed by atoms with Gasteiger partial charge in [0.05, 0.1) is 10.6 Å². The molecule has 2 N–H and O–H groups in total. The Bertz CT molecular complexity index is 655. The largest absolute Gasteiger partial charge is 0.493 e. The van der Waals surface area contributed by atoms with Crippen LogP contribution in [0.5, 0.6) is 5.88 Å². The highest BCUT2D eigenvalue weighted by molar-refractivity contribution is 6.30. The number of rotatable bonds is 2. The summed E-state index contributed by atoms with van der Waals surface area (Å²) in [6, 6.07) is 4.58. The first-order chi connectivity index (χ1) is 8.49. The third-order valence-corrected chi connectivity index (χ3v) is 2.86. The molecule has 1 heterocycles. The molecule has 2 rings (SSSR count). The first-order valence-corrected chi connectivity index (χ1v) is 5.58. The molecule has 0 atom stereocenters. The Labute approximate surface area is 107 Å². The number of nitrogens with one attached hydrogen (secondary N) is 1. The molecule has 0 amide bonds. The first kappa shape index (κ1) is 12.6. The molecule has 18 heavy (non-hydrogen) atoms. The molecule has 0 saturated carbocycles. The highest BCUT2D eigenvalue weighted by atomic mass is 35.5. The number of nitrogens with zero attached hydrogens (tertiary/aromatic N) is 1. The molecule has 0 spiro atoms. The summed E-state index contributed by atoms with van der Waals surface area (Å²) in [5.41, 5.74) is -0.0147. The van der Waals surface area contributed by atoms with Crippen LogP contribution >= 0.6 is 11.6 Å². The number of hydrogen-bond donors (Lipinski definition) is 2. The van der Waals surface area contributed by atoms with Gasteiger partial charge in [-0.05, 0) is 18.6 Å². The van der Waals surface area contributed by atoms with Crippen LogP contribution in [0.4, 0.5) is 4.39 Å². The topological polar surface area (TPSA) is 66.0 Å². The van der Waals surface area contributed by atoms with Gasteiger partial charge in [0, 0.05) is 6.42 Å². The Morgan fingerprint density at radius 2 is 2.22 bits per heavy atom. The van der Waals surface area contributed by atoms with Crippen LogP contribution in [0, 0.1) is 12.7 Å². The molecule has 0 bridgehead atoms. The van der Waals surface area contributed by atoms with E-state index in [1.807, 2.05) is 0 Å². The lowest BCUT2D eigenvalue weighted by molar-refractivity contribution is 0.443. The number of hydrogen-bond acceptors (Lipinski definition) is 3. The van der Waals surface area contributed by atoms with E-state index in [1.165, 1.54) is 19.1 Å². The molecule has 0 radical (unpaired) electrons. The lowest BCUT2D eigenvalue weighted by atomic mass is 10.1. The Morgan fingerprint density at radius 1 is 1.50 bits per heavy atom. The van der Waals surface area contributed by atoms with Crippen LogP contribution in [-0.4, -0.2) is 15.1 Å². The molecule has 0 aliphatic carbocycles. The standard InChI is InChI=1S/C12H10ClFN2O2/c1-6-11(17)15-9(16-12(6)18)5-7-3-2-4-8(13)10(7)14/h2-4H,5H2,1H3,(H2,15,16,17,18). The minimum Gasteiger partial charge on any atom is -0.493 e. The van der Waals surface area contributed by atoms with Gasteiger partial charge >= 0.3 is 0 Å². The number of halogens is 2. The van der Waals surface area contributed by atoms with Crippen LogP contribution in [0.15, 0.2) is 23.0 Å². The summed E-state index contributed by atoms with van der Waals surface area (Å²) in [7, 11) is 0. The summed E-state index contributed by atoms with van der Waals surface area (Å²) in [5.74, 6) is -0.720. The molecule has 4 nitrogen and oxygen atoms in total. The fourth-order valence-electron chi connectivity index (χ4n) is 1.52. The summed E-state index contributed by atoms with van der Waals surface area (Å²) in [6.45, 7) is 1.45. The third-order valence-electron chi connectivity index (χ3n) is 2.56. The third kappa shape index (κ3) is 2.36. The second-order valence-corrected chi connectivity index (χ2v) is 4.26. The second-order valence-electron chi connectivity index (χ2n) is 3.85. The molecule has 0 unspecified atom stereocenters. The van der Waals surface area contributed by atoms with Gasteiger partial charge in [-0.2, -0.15) is 4.98 Å². The molecule has 6 heteroatoms. The van der Waals surface area contributed by atoms with Crippen molar-refractivity contribution in [3.05, 3.63) is 56.3 Å². The van der Waals surface area contributed by atoms with Gasteiger partial charge in [0.25, 0.3) is 5.56 Å². The lowest BCUT2D eigenvalue weighted by Crippen LogP contribution is -2.14. The minimum absolute atomic E-state index is 0.00572. The van der Waals surface area contributed by atoms with Crippen molar-refractivity contribution in [3.8, 4) is 5.88 Å². The van der Waals surface area contributed by atoms with Crippen molar-refractivity contribution < 1.29 is 9.50 Å². The summed E-state index contributed by atoms with van der Waals surface area (Å²) in [4.78, 5) is 17.7. The lowest BCUT2D eigenvalue weighted by Gasteiger charge is -2.05. The molecule has 94 valence electrons. The van der Waals surface area contributed by atoms with Crippen LogP contribution in [0.2, 0.25) is 5.02 Å². The van der Waals surface area contributed by atoms with Crippen LogP contribution < -0.4 is 5.56 Å². The van der Waals surface area contributed by atoms with Gasteiger partial charge in [-0.15, -0.1) is 0 Å². The number of aromatic nitrogens is 2. The number of benzene rings is 1. The Morgan fingerprint density at radius 3 is 2.89 bits per heavy atom. The highest BCUT2D eigenvalue weighted by Gasteiger charge is 2.10. The van der Waals surface area contributed by atoms with E-state index in [0.29, 0.717) is 5.56 Å².